The summed E-state index contributed by atoms with van der Waals surface area (Å²) in [5, 5.41) is 2.83. The number of aryl methyl sites for hydroxylation is 1. The topological polar surface area (TPSA) is 42.2 Å². The first-order chi connectivity index (χ1) is 8.15. The molecule has 1 aromatic rings. The molecule has 0 aliphatic carbocycles. The zero-order valence-electron chi connectivity index (χ0n) is 10.2. The van der Waals surface area contributed by atoms with Crippen molar-refractivity contribution in [2.45, 2.75) is 20.8 Å². The van der Waals surface area contributed by atoms with Gasteiger partial charge in [-0.05, 0) is 39.0 Å². The van der Waals surface area contributed by atoms with Crippen LogP contribution in [0.5, 0.6) is 0 Å². The van der Waals surface area contributed by atoms with Gasteiger partial charge in [-0.15, -0.1) is 0 Å². The van der Waals surface area contributed by atoms with Crippen molar-refractivity contribution in [3.63, 3.8) is 0 Å². The molecule has 1 saturated heterocycles. The average molecular weight is 229 g/mol. The highest BCUT2D eigenvalue weighted by molar-refractivity contribution is 6.08. The van der Waals surface area contributed by atoms with Gasteiger partial charge in [0.1, 0.15) is 11.5 Å². The van der Waals surface area contributed by atoms with Crippen molar-refractivity contribution in [2.24, 2.45) is 0 Å². The number of allylic oxidation sites excluding steroid dienone is 3. The van der Waals surface area contributed by atoms with Gasteiger partial charge in [0, 0.05) is 11.3 Å². The van der Waals surface area contributed by atoms with Crippen LogP contribution in [0.2, 0.25) is 0 Å². The van der Waals surface area contributed by atoms with E-state index < -0.39 is 0 Å². The molecule has 0 bridgehead atoms. The Kier molecular flexibility index (Phi) is 3.00. The maximum Gasteiger partial charge on any atom is 0.256 e. The molecule has 3 heteroatoms. The minimum atomic E-state index is -0.0831. The maximum absolute atomic E-state index is 11.8. The zero-order chi connectivity index (χ0) is 12.4. The summed E-state index contributed by atoms with van der Waals surface area (Å²) >= 11 is 0. The van der Waals surface area contributed by atoms with Crippen LogP contribution in [-0.4, -0.2) is 5.91 Å². The van der Waals surface area contributed by atoms with E-state index in [0.29, 0.717) is 11.3 Å². The number of carbonyl (C=O) groups excluding carboxylic acids is 1. The van der Waals surface area contributed by atoms with Crippen LogP contribution >= 0.6 is 0 Å². The van der Waals surface area contributed by atoms with Crippen LogP contribution in [0.15, 0.2) is 45.5 Å². The van der Waals surface area contributed by atoms with E-state index in [-0.39, 0.29) is 5.91 Å². The van der Waals surface area contributed by atoms with E-state index in [2.05, 4.69) is 5.32 Å². The van der Waals surface area contributed by atoms with Crippen molar-refractivity contribution >= 4 is 12.0 Å². The second-order valence-electron chi connectivity index (χ2n) is 3.87. The lowest BCUT2D eigenvalue weighted by Gasteiger charge is -1.97. The molecule has 1 aromatic heterocycles. The first-order valence-corrected chi connectivity index (χ1v) is 5.58. The molecule has 1 fully saturated rings. The number of rotatable bonds is 1. The first kappa shape index (κ1) is 11.5. The lowest BCUT2D eigenvalue weighted by molar-refractivity contribution is -0.115. The fourth-order valence-electron chi connectivity index (χ4n) is 1.88. The van der Waals surface area contributed by atoms with Crippen LogP contribution in [0.25, 0.3) is 6.08 Å². The Balaban J connectivity index is 2.44. The lowest BCUT2D eigenvalue weighted by Crippen LogP contribution is -2.12. The van der Waals surface area contributed by atoms with Crippen molar-refractivity contribution in [2.75, 3.05) is 0 Å². The molecule has 0 spiro atoms. The Hall–Kier alpha value is -2.03. The summed E-state index contributed by atoms with van der Waals surface area (Å²) in [7, 11) is 0. The van der Waals surface area contributed by atoms with E-state index in [1.165, 1.54) is 0 Å². The van der Waals surface area contributed by atoms with Crippen LogP contribution < -0.4 is 5.32 Å². The van der Waals surface area contributed by atoms with Crippen molar-refractivity contribution < 1.29 is 9.21 Å². The fraction of sp³-hybridized carbons (Fsp3) is 0.214. The summed E-state index contributed by atoms with van der Waals surface area (Å²) in [5.74, 6) is 1.45. The van der Waals surface area contributed by atoms with Gasteiger partial charge in [0.15, 0.2) is 0 Å². The molecule has 1 aliphatic rings. The second-order valence-corrected chi connectivity index (χ2v) is 3.87. The summed E-state index contributed by atoms with van der Waals surface area (Å²) in [6.45, 7) is 5.70. The molecule has 1 amide bonds. The monoisotopic (exact) mass is 229 g/mol. The highest BCUT2D eigenvalue weighted by Crippen LogP contribution is 2.27. The number of furan rings is 1. The minimum absolute atomic E-state index is 0.0831. The molecule has 2 rings (SSSR count). The number of amides is 1. The molecular formula is C14H15NO2. The van der Waals surface area contributed by atoms with Crippen LogP contribution in [0.1, 0.15) is 25.4 Å². The highest BCUT2D eigenvalue weighted by Gasteiger charge is 2.26. The average Bonchev–Trinajstić information content (AvgIpc) is 2.84. The second kappa shape index (κ2) is 4.45. The van der Waals surface area contributed by atoms with Crippen molar-refractivity contribution in [3.05, 3.63) is 52.6 Å². The molecule has 0 unspecified atom stereocenters. The Morgan fingerprint density at radius 2 is 1.94 bits per heavy atom. The van der Waals surface area contributed by atoms with Gasteiger partial charge in [0.25, 0.3) is 5.91 Å². The molecule has 1 N–H and O–H groups in total. The minimum Gasteiger partial charge on any atom is -0.462 e. The fourth-order valence-corrected chi connectivity index (χ4v) is 1.88. The smallest absolute Gasteiger partial charge is 0.256 e. The maximum atomic E-state index is 11.8. The lowest BCUT2D eigenvalue weighted by atomic mass is 10.1. The Morgan fingerprint density at radius 3 is 2.47 bits per heavy atom. The van der Waals surface area contributed by atoms with Gasteiger partial charge in [0.2, 0.25) is 0 Å². The van der Waals surface area contributed by atoms with E-state index in [0.717, 1.165) is 17.0 Å². The zero-order valence-corrected chi connectivity index (χ0v) is 10.2. The molecule has 1 aliphatic heterocycles. The van der Waals surface area contributed by atoms with E-state index >= 15 is 0 Å². The van der Waals surface area contributed by atoms with Crippen LogP contribution in [0.3, 0.4) is 0 Å². The van der Waals surface area contributed by atoms with Crippen LogP contribution in [0, 0.1) is 6.92 Å². The predicted molar refractivity (Wildman–Crippen MR) is 67.1 cm³/mol. The van der Waals surface area contributed by atoms with Gasteiger partial charge in [-0.25, -0.2) is 0 Å². The molecule has 88 valence electrons. The quantitative estimate of drug-likeness (QED) is 0.752. The van der Waals surface area contributed by atoms with E-state index in [9.17, 15) is 4.79 Å². The summed E-state index contributed by atoms with van der Waals surface area (Å²) in [4.78, 5) is 11.8. The molecule has 0 saturated carbocycles. The summed E-state index contributed by atoms with van der Waals surface area (Å²) in [6.07, 6.45) is 5.59. The van der Waals surface area contributed by atoms with Crippen LogP contribution in [0.4, 0.5) is 0 Å². The molecule has 17 heavy (non-hydrogen) atoms. The molecule has 3 nitrogen and oxygen atoms in total. The van der Waals surface area contributed by atoms with Crippen molar-refractivity contribution in [1.29, 1.82) is 0 Å². The predicted octanol–water partition coefficient (Wildman–Crippen LogP) is 2.95. The third-order valence-corrected chi connectivity index (χ3v) is 2.70. The molecule has 0 aromatic carbocycles. The van der Waals surface area contributed by atoms with E-state index in [1.807, 2.05) is 45.1 Å². The van der Waals surface area contributed by atoms with Gasteiger partial charge >= 0.3 is 0 Å². The SMILES string of the molecule is CC=C1NC(=O)C(=Cc2ccc(C)o2)C1=CC. The number of nitrogens with one attached hydrogen (secondary N) is 1. The summed E-state index contributed by atoms with van der Waals surface area (Å²) in [6, 6.07) is 3.74. The van der Waals surface area contributed by atoms with Gasteiger partial charge in [-0.3, -0.25) is 4.79 Å². The van der Waals surface area contributed by atoms with Gasteiger partial charge < -0.3 is 9.73 Å². The third kappa shape index (κ3) is 2.09. The van der Waals surface area contributed by atoms with E-state index in [4.69, 9.17) is 4.42 Å². The molecule has 2 heterocycles. The highest BCUT2D eigenvalue weighted by atomic mass is 16.3. The molecular weight excluding hydrogens is 214 g/mol. The van der Waals surface area contributed by atoms with E-state index in [1.54, 1.807) is 6.08 Å². The molecule has 0 radical (unpaired) electrons. The molecule has 0 atom stereocenters. The Bertz CT molecular complexity index is 544. The first-order valence-electron chi connectivity index (χ1n) is 5.58. The van der Waals surface area contributed by atoms with Crippen LogP contribution in [-0.2, 0) is 4.79 Å². The van der Waals surface area contributed by atoms with Crippen molar-refractivity contribution in [1.82, 2.24) is 5.32 Å². The normalized spacial score (nSPS) is 22.8. The standard InChI is InChI=1S/C14H15NO2/c1-4-11-12(14(16)15-13(11)5-2)8-10-7-6-9(3)17-10/h4-8H,1-3H3,(H,15,16). The Labute approximate surface area is 101 Å². The van der Waals surface area contributed by atoms with Gasteiger partial charge in [-0.2, -0.15) is 0 Å². The third-order valence-electron chi connectivity index (χ3n) is 2.70. The van der Waals surface area contributed by atoms with Crippen molar-refractivity contribution in [3.8, 4) is 0 Å². The summed E-state index contributed by atoms with van der Waals surface area (Å²) < 4.78 is 5.45. The largest absolute Gasteiger partial charge is 0.462 e. The number of hydrogen-bond acceptors (Lipinski definition) is 2. The Morgan fingerprint density at radius 1 is 1.18 bits per heavy atom. The van der Waals surface area contributed by atoms with Gasteiger partial charge in [0.05, 0.1) is 5.57 Å². The number of hydrogen-bond donors (Lipinski definition) is 1. The number of carbonyl (C=O) groups is 1. The summed E-state index contributed by atoms with van der Waals surface area (Å²) in [5.41, 5.74) is 2.42. The van der Waals surface area contributed by atoms with Gasteiger partial charge in [-0.1, -0.05) is 12.2 Å².